The van der Waals surface area contributed by atoms with E-state index in [1.54, 1.807) is 12.3 Å². The lowest BCUT2D eigenvalue weighted by Crippen LogP contribution is -2.11. The van der Waals surface area contributed by atoms with Crippen LogP contribution in [-0.4, -0.2) is 31.3 Å². The number of anilines is 1. The number of hydrogen-bond donors (Lipinski definition) is 1. The molecule has 0 atom stereocenters. The fraction of sp³-hybridized carbons (Fsp3) is 0.294. The third-order valence-corrected chi connectivity index (χ3v) is 3.67. The molecule has 0 saturated carbocycles. The zero-order valence-electron chi connectivity index (χ0n) is 13.8. The van der Waals surface area contributed by atoms with Crippen LogP contribution in [0.15, 0.2) is 42.6 Å². The maximum absolute atomic E-state index is 5.70. The smallest absolute Gasteiger partial charge is 0.225 e. The fourth-order valence-electron chi connectivity index (χ4n) is 2.19. The molecule has 0 fully saturated rings. The predicted octanol–water partition coefficient (Wildman–Crippen LogP) is 2.15. The highest BCUT2D eigenvalue weighted by Crippen LogP contribution is 2.11. The average molecular weight is 324 g/mol. The molecular formula is C17H20N6O. The van der Waals surface area contributed by atoms with E-state index in [0.29, 0.717) is 25.0 Å². The van der Waals surface area contributed by atoms with E-state index in [9.17, 15) is 0 Å². The predicted molar refractivity (Wildman–Crippen MR) is 90.7 cm³/mol. The van der Waals surface area contributed by atoms with Gasteiger partial charge in [-0.25, -0.2) is 4.98 Å². The van der Waals surface area contributed by atoms with Crippen molar-refractivity contribution in [1.82, 2.24) is 24.7 Å². The maximum atomic E-state index is 5.70. The van der Waals surface area contributed by atoms with Crippen molar-refractivity contribution in [2.75, 3.05) is 11.9 Å². The summed E-state index contributed by atoms with van der Waals surface area (Å²) in [5.41, 5.74) is 1.10. The lowest BCUT2D eigenvalue weighted by Gasteiger charge is -2.08. The van der Waals surface area contributed by atoms with E-state index in [0.717, 1.165) is 23.6 Å². The van der Waals surface area contributed by atoms with Gasteiger partial charge in [0, 0.05) is 32.3 Å². The number of rotatable bonds is 7. The molecule has 3 aromatic rings. The maximum Gasteiger partial charge on any atom is 0.225 e. The molecule has 24 heavy (non-hydrogen) atoms. The van der Waals surface area contributed by atoms with Crippen LogP contribution in [0, 0.1) is 6.92 Å². The molecule has 0 spiro atoms. The summed E-state index contributed by atoms with van der Waals surface area (Å²) in [5, 5.41) is 11.4. The van der Waals surface area contributed by atoms with Crippen LogP contribution in [0.25, 0.3) is 0 Å². The van der Waals surface area contributed by atoms with Gasteiger partial charge in [-0.2, -0.15) is 4.98 Å². The minimum atomic E-state index is 0.482. The van der Waals surface area contributed by atoms with Crippen LogP contribution in [0.5, 0.6) is 5.88 Å². The molecule has 7 heteroatoms. The van der Waals surface area contributed by atoms with Crippen molar-refractivity contribution in [1.29, 1.82) is 0 Å². The van der Waals surface area contributed by atoms with Crippen LogP contribution in [0.1, 0.15) is 17.2 Å². The average Bonchev–Trinajstić information content (AvgIpc) is 2.93. The molecule has 0 radical (unpaired) electrons. The Kier molecular flexibility index (Phi) is 5.00. The molecule has 3 rings (SSSR count). The lowest BCUT2D eigenvalue weighted by molar-refractivity contribution is 0.294. The van der Waals surface area contributed by atoms with E-state index >= 15 is 0 Å². The SMILES string of the molecule is Cc1nnc(CCNc2nccc(OCc3ccccc3)n2)n1C. The summed E-state index contributed by atoms with van der Waals surface area (Å²) in [6, 6.07) is 11.7. The van der Waals surface area contributed by atoms with Crippen LogP contribution in [-0.2, 0) is 20.1 Å². The van der Waals surface area contributed by atoms with Gasteiger partial charge < -0.3 is 14.6 Å². The van der Waals surface area contributed by atoms with E-state index in [4.69, 9.17) is 4.74 Å². The van der Waals surface area contributed by atoms with E-state index in [-0.39, 0.29) is 0 Å². The van der Waals surface area contributed by atoms with Gasteiger partial charge >= 0.3 is 0 Å². The Hall–Kier alpha value is -2.96. The molecule has 2 aromatic heterocycles. The van der Waals surface area contributed by atoms with Gasteiger partial charge in [-0.3, -0.25) is 0 Å². The molecule has 1 aromatic carbocycles. The Morgan fingerprint density at radius 3 is 2.71 bits per heavy atom. The topological polar surface area (TPSA) is 77.8 Å². The molecule has 7 nitrogen and oxygen atoms in total. The highest BCUT2D eigenvalue weighted by molar-refractivity contribution is 5.27. The monoisotopic (exact) mass is 324 g/mol. The van der Waals surface area contributed by atoms with Crippen LogP contribution in [0.3, 0.4) is 0 Å². The van der Waals surface area contributed by atoms with Crippen molar-refractivity contribution in [3.05, 3.63) is 59.8 Å². The summed E-state index contributed by atoms with van der Waals surface area (Å²) < 4.78 is 7.68. The van der Waals surface area contributed by atoms with Gasteiger partial charge in [-0.15, -0.1) is 10.2 Å². The summed E-state index contributed by atoms with van der Waals surface area (Å²) in [7, 11) is 1.96. The second-order valence-corrected chi connectivity index (χ2v) is 5.39. The fourth-order valence-corrected chi connectivity index (χ4v) is 2.19. The number of hydrogen-bond acceptors (Lipinski definition) is 6. The molecule has 0 aliphatic heterocycles. The number of nitrogens with one attached hydrogen (secondary N) is 1. The Labute approximate surface area is 140 Å². The van der Waals surface area contributed by atoms with Crippen molar-refractivity contribution in [3.8, 4) is 5.88 Å². The molecular weight excluding hydrogens is 304 g/mol. The van der Waals surface area contributed by atoms with E-state index in [1.165, 1.54) is 0 Å². The van der Waals surface area contributed by atoms with Gasteiger partial charge in [0.1, 0.15) is 18.3 Å². The van der Waals surface area contributed by atoms with Crippen LogP contribution >= 0.6 is 0 Å². The Morgan fingerprint density at radius 2 is 1.96 bits per heavy atom. The summed E-state index contributed by atoms with van der Waals surface area (Å²) in [6.45, 7) is 3.09. The molecule has 0 unspecified atom stereocenters. The van der Waals surface area contributed by atoms with Crippen molar-refractivity contribution in [2.24, 2.45) is 7.05 Å². The Morgan fingerprint density at radius 1 is 1.12 bits per heavy atom. The van der Waals surface area contributed by atoms with Gasteiger partial charge in [0.05, 0.1) is 0 Å². The molecule has 124 valence electrons. The summed E-state index contributed by atoms with van der Waals surface area (Å²) in [5.74, 6) is 2.92. The largest absolute Gasteiger partial charge is 0.473 e. The standard InChI is InChI=1S/C17H20N6O/c1-13-21-22-15(23(13)2)8-10-18-17-19-11-9-16(20-17)24-12-14-6-4-3-5-7-14/h3-7,9,11H,8,10,12H2,1-2H3,(H,18,19,20). The summed E-state index contributed by atoms with van der Waals surface area (Å²) in [4.78, 5) is 8.57. The number of nitrogens with zero attached hydrogens (tertiary/aromatic N) is 5. The van der Waals surface area contributed by atoms with Crippen molar-refractivity contribution >= 4 is 5.95 Å². The second kappa shape index (κ2) is 7.54. The van der Waals surface area contributed by atoms with Crippen molar-refractivity contribution in [3.63, 3.8) is 0 Å². The second-order valence-electron chi connectivity index (χ2n) is 5.39. The third kappa shape index (κ3) is 4.07. The molecule has 0 amide bonds. The molecule has 0 aliphatic rings. The van der Waals surface area contributed by atoms with Gasteiger partial charge in [0.25, 0.3) is 0 Å². The third-order valence-electron chi connectivity index (χ3n) is 3.67. The molecule has 2 heterocycles. The first kappa shape index (κ1) is 15.9. The Bertz CT molecular complexity index is 787. The quantitative estimate of drug-likeness (QED) is 0.717. The molecule has 0 bridgehead atoms. The van der Waals surface area contributed by atoms with Crippen molar-refractivity contribution < 1.29 is 4.74 Å². The van der Waals surface area contributed by atoms with Gasteiger partial charge in [0.2, 0.25) is 11.8 Å². The zero-order valence-corrected chi connectivity index (χ0v) is 13.8. The Balaban J connectivity index is 1.52. The first-order valence-corrected chi connectivity index (χ1v) is 7.81. The van der Waals surface area contributed by atoms with Crippen molar-refractivity contribution in [2.45, 2.75) is 20.0 Å². The van der Waals surface area contributed by atoms with Gasteiger partial charge in [-0.1, -0.05) is 30.3 Å². The highest BCUT2D eigenvalue weighted by Gasteiger charge is 2.05. The van der Waals surface area contributed by atoms with Crippen LogP contribution < -0.4 is 10.1 Å². The number of aryl methyl sites for hydroxylation is 1. The van der Waals surface area contributed by atoms with E-state index in [1.807, 2.05) is 48.9 Å². The van der Waals surface area contributed by atoms with Gasteiger partial charge in [0.15, 0.2) is 0 Å². The molecule has 1 N–H and O–H groups in total. The zero-order chi connectivity index (χ0) is 16.8. The minimum absolute atomic E-state index is 0.482. The summed E-state index contributed by atoms with van der Waals surface area (Å²) >= 11 is 0. The lowest BCUT2D eigenvalue weighted by atomic mass is 10.2. The highest BCUT2D eigenvalue weighted by atomic mass is 16.5. The first-order chi connectivity index (χ1) is 11.7. The number of benzene rings is 1. The normalized spacial score (nSPS) is 10.6. The first-order valence-electron chi connectivity index (χ1n) is 7.81. The summed E-state index contributed by atoms with van der Waals surface area (Å²) in [6.07, 6.45) is 2.43. The van der Waals surface area contributed by atoms with Crippen LogP contribution in [0.4, 0.5) is 5.95 Å². The van der Waals surface area contributed by atoms with Gasteiger partial charge in [-0.05, 0) is 12.5 Å². The number of aromatic nitrogens is 5. The van der Waals surface area contributed by atoms with Crippen LogP contribution in [0.2, 0.25) is 0 Å². The number of ether oxygens (including phenoxy) is 1. The minimum Gasteiger partial charge on any atom is -0.473 e. The molecule has 0 saturated heterocycles. The van der Waals surface area contributed by atoms with E-state index in [2.05, 4.69) is 25.5 Å². The van der Waals surface area contributed by atoms with E-state index < -0.39 is 0 Å². The molecule has 0 aliphatic carbocycles.